The highest BCUT2D eigenvalue weighted by Gasteiger charge is 2.07. The van der Waals surface area contributed by atoms with Gasteiger partial charge in [0.05, 0.1) is 0 Å². The fourth-order valence-electron chi connectivity index (χ4n) is 1.08. The zero-order chi connectivity index (χ0) is 11.5. The molecule has 0 spiro atoms. The van der Waals surface area contributed by atoms with Gasteiger partial charge >= 0.3 is 0 Å². The summed E-state index contributed by atoms with van der Waals surface area (Å²) in [5, 5.41) is 8.15. The van der Waals surface area contributed by atoms with Crippen molar-refractivity contribution in [2.75, 3.05) is 0 Å². The second-order valence-corrected chi connectivity index (χ2v) is 6.57. The van der Waals surface area contributed by atoms with E-state index in [0.717, 1.165) is 9.90 Å². The van der Waals surface area contributed by atoms with Gasteiger partial charge < -0.3 is 0 Å². The number of nitrogens with zero attached hydrogens (tertiary/aromatic N) is 1. The molecule has 0 saturated carbocycles. The maximum absolute atomic E-state index is 6.06. The van der Waals surface area contributed by atoms with E-state index in [1.807, 2.05) is 18.2 Å². The number of benzene rings is 1. The Morgan fingerprint density at radius 3 is 2.62 bits per heavy atom. The van der Waals surface area contributed by atoms with Crippen LogP contribution in [0.3, 0.4) is 0 Å². The number of thioether (sulfide) groups is 1. The van der Waals surface area contributed by atoms with Crippen LogP contribution in [0.25, 0.3) is 0 Å². The maximum atomic E-state index is 6.06. The summed E-state index contributed by atoms with van der Waals surface area (Å²) < 4.78 is 1.56. The molecule has 0 bridgehead atoms. The van der Waals surface area contributed by atoms with Crippen LogP contribution in [-0.4, -0.2) is 10.2 Å². The average Bonchev–Trinajstić information content (AvgIpc) is 2.63. The van der Waals surface area contributed by atoms with E-state index in [1.54, 1.807) is 11.8 Å². The van der Waals surface area contributed by atoms with Crippen LogP contribution in [0.5, 0.6) is 0 Å². The first kappa shape index (κ1) is 12.4. The lowest BCUT2D eigenvalue weighted by Gasteiger charge is -2.04. The van der Waals surface area contributed by atoms with Crippen LogP contribution >= 0.6 is 58.5 Å². The van der Waals surface area contributed by atoms with Crippen molar-refractivity contribution in [2.45, 2.75) is 10.1 Å². The Morgan fingerprint density at radius 1 is 1.38 bits per heavy atom. The molecule has 0 aliphatic rings. The summed E-state index contributed by atoms with van der Waals surface area (Å²) >= 11 is 20.1. The minimum Gasteiger partial charge on any atom is -0.257 e. The summed E-state index contributed by atoms with van der Waals surface area (Å²) in [6.45, 7) is 0. The largest absolute Gasteiger partial charge is 0.257 e. The number of nitrogens with one attached hydrogen (secondary N) is 1. The van der Waals surface area contributed by atoms with Gasteiger partial charge in [0.2, 0.25) is 0 Å². The van der Waals surface area contributed by atoms with Crippen molar-refractivity contribution < 1.29 is 0 Å². The molecule has 7 heteroatoms. The third-order valence-corrected chi connectivity index (χ3v) is 4.79. The lowest BCUT2D eigenvalue weighted by molar-refractivity contribution is 1.00. The van der Waals surface area contributed by atoms with E-state index < -0.39 is 0 Å². The Kier molecular flexibility index (Phi) is 4.27. The van der Waals surface area contributed by atoms with Crippen LogP contribution in [0, 0.1) is 3.95 Å². The van der Waals surface area contributed by atoms with Gasteiger partial charge in [-0.2, -0.15) is 5.10 Å². The normalized spacial score (nSPS) is 10.6. The van der Waals surface area contributed by atoms with Crippen LogP contribution in [0.15, 0.2) is 22.5 Å². The first-order valence-corrected chi connectivity index (χ1v) is 7.24. The summed E-state index contributed by atoms with van der Waals surface area (Å²) in [6.07, 6.45) is 0. The van der Waals surface area contributed by atoms with Gasteiger partial charge in [-0.1, -0.05) is 52.4 Å². The molecule has 1 aromatic carbocycles. The predicted molar refractivity (Wildman–Crippen MR) is 73.3 cm³/mol. The molecule has 0 fully saturated rings. The quantitative estimate of drug-likeness (QED) is 0.652. The fraction of sp³-hybridized carbons (Fsp3) is 0.111. The van der Waals surface area contributed by atoms with Gasteiger partial charge in [0.25, 0.3) is 0 Å². The molecule has 0 radical (unpaired) electrons. The van der Waals surface area contributed by atoms with E-state index in [-0.39, 0.29) is 0 Å². The molecule has 1 heterocycles. The number of halogens is 2. The van der Waals surface area contributed by atoms with Gasteiger partial charge in [0.15, 0.2) is 8.29 Å². The van der Waals surface area contributed by atoms with E-state index in [4.69, 9.17) is 35.4 Å². The molecule has 16 heavy (non-hydrogen) atoms. The van der Waals surface area contributed by atoms with E-state index in [9.17, 15) is 0 Å². The van der Waals surface area contributed by atoms with Crippen molar-refractivity contribution >= 4 is 58.5 Å². The van der Waals surface area contributed by atoms with Gasteiger partial charge in [-0.05, 0) is 29.9 Å². The third-order valence-electron chi connectivity index (χ3n) is 1.82. The number of hydrogen-bond donors (Lipinski definition) is 1. The Hall–Kier alpha value is -0.0700. The molecular weight excluding hydrogens is 303 g/mol. The molecule has 0 unspecified atom stereocenters. The Morgan fingerprint density at radius 2 is 2.06 bits per heavy atom. The second-order valence-electron chi connectivity index (χ2n) is 2.87. The van der Waals surface area contributed by atoms with E-state index >= 15 is 0 Å². The van der Waals surface area contributed by atoms with Crippen molar-refractivity contribution in [3.05, 3.63) is 37.8 Å². The summed E-state index contributed by atoms with van der Waals surface area (Å²) in [5.74, 6) is 0.689. The molecule has 2 nitrogen and oxygen atoms in total. The second kappa shape index (κ2) is 5.51. The SMILES string of the molecule is S=c1[nH]nc(SCc2c(Cl)cccc2Cl)s1. The van der Waals surface area contributed by atoms with Crippen molar-refractivity contribution in [1.82, 2.24) is 10.2 Å². The van der Waals surface area contributed by atoms with Gasteiger partial charge in [-0.25, -0.2) is 0 Å². The van der Waals surface area contributed by atoms with Gasteiger partial charge in [-0.3, -0.25) is 5.10 Å². The Bertz CT molecular complexity index is 529. The summed E-state index contributed by atoms with van der Waals surface area (Å²) in [5.41, 5.74) is 0.928. The van der Waals surface area contributed by atoms with Crippen LogP contribution < -0.4 is 0 Å². The maximum Gasteiger partial charge on any atom is 0.177 e. The average molecular weight is 309 g/mol. The fourth-order valence-corrected chi connectivity index (χ4v) is 3.91. The number of aromatic nitrogens is 2. The molecular formula is C9H6Cl2N2S3. The van der Waals surface area contributed by atoms with Crippen molar-refractivity contribution in [2.24, 2.45) is 0 Å². The minimum atomic E-state index is 0.674. The first-order valence-electron chi connectivity index (χ1n) is 4.28. The van der Waals surface area contributed by atoms with Crippen LogP contribution in [0.1, 0.15) is 5.56 Å². The Labute approximate surface area is 116 Å². The summed E-state index contributed by atoms with van der Waals surface area (Å²) in [6, 6.07) is 5.49. The first-order chi connectivity index (χ1) is 7.66. The molecule has 2 rings (SSSR count). The summed E-state index contributed by atoms with van der Waals surface area (Å²) in [4.78, 5) is 0. The molecule has 1 aromatic heterocycles. The zero-order valence-electron chi connectivity index (χ0n) is 7.87. The predicted octanol–water partition coefficient (Wildman–Crippen LogP) is 4.80. The zero-order valence-corrected chi connectivity index (χ0v) is 11.8. The topological polar surface area (TPSA) is 28.7 Å². The minimum absolute atomic E-state index is 0.674. The monoisotopic (exact) mass is 308 g/mol. The smallest absolute Gasteiger partial charge is 0.177 e. The third kappa shape index (κ3) is 2.99. The molecule has 84 valence electrons. The number of aromatic amines is 1. The van der Waals surface area contributed by atoms with Gasteiger partial charge in [-0.15, -0.1) is 0 Å². The van der Waals surface area contributed by atoms with Crippen LogP contribution in [0.2, 0.25) is 10.0 Å². The molecule has 1 N–H and O–H groups in total. The van der Waals surface area contributed by atoms with Crippen LogP contribution in [0.4, 0.5) is 0 Å². The number of hydrogen-bond acceptors (Lipinski definition) is 4. The molecule has 0 aliphatic carbocycles. The Balaban J connectivity index is 2.13. The van der Waals surface area contributed by atoms with Crippen molar-refractivity contribution in [1.29, 1.82) is 0 Å². The highest BCUT2D eigenvalue weighted by atomic mass is 35.5. The molecule has 2 aromatic rings. The lowest BCUT2D eigenvalue weighted by Crippen LogP contribution is -1.84. The van der Waals surface area contributed by atoms with Crippen molar-refractivity contribution in [3.63, 3.8) is 0 Å². The highest BCUT2D eigenvalue weighted by Crippen LogP contribution is 2.31. The standard InChI is InChI=1S/C9H6Cl2N2S3/c10-6-2-1-3-7(11)5(6)4-15-9-13-12-8(14)16-9/h1-3H,4H2,(H,12,14). The van der Waals surface area contributed by atoms with E-state index in [1.165, 1.54) is 11.3 Å². The van der Waals surface area contributed by atoms with E-state index in [0.29, 0.717) is 19.8 Å². The lowest BCUT2D eigenvalue weighted by atomic mass is 10.2. The molecule has 0 amide bonds. The van der Waals surface area contributed by atoms with Gasteiger partial charge in [0, 0.05) is 15.8 Å². The highest BCUT2D eigenvalue weighted by molar-refractivity contribution is 8.00. The van der Waals surface area contributed by atoms with Gasteiger partial charge in [0.1, 0.15) is 0 Å². The molecule has 0 aliphatic heterocycles. The number of H-pyrrole nitrogens is 1. The number of rotatable bonds is 3. The van der Waals surface area contributed by atoms with Crippen LogP contribution in [-0.2, 0) is 5.75 Å². The molecule has 0 saturated heterocycles. The molecule has 0 atom stereocenters. The van der Waals surface area contributed by atoms with E-state index in [2.05, 4.69) is 10.2 Å². The summed E-state index contributed by atoms with van der Waals surface area (Å²) in [7, 11) is 0. The van der Waals surface area contributed by atoms with Crippen molar-refractivity contribution in [3.8, 4) is 0 Å².